The second kappa shape index (κ2) is 7.78. The molecule has 0 aliphatic carbocycles. The van der Waals surface area contributed by atoms with Crippen LogP contribution >= 0.6 is 11.8 Å². The molecule has 29 heavy (non-hydrogen) atoms. The monoisotopic (exact) mass is 413 g/mol. The summed E-state index contributed by atoms with van der Waals surface area (Å²) >= 11 is 1.97. The Morgan fingerprint density at radius 3 is 2.48 bits per heavy atom. The zero-order chi connectivity index (χ0) is 20.7. The normalized spacial score (nSPS) is 23.8. The third-order valence-electron chi connectivity index (χ3n) is 5.70. The zero-order valence-corrected chi connectivity index (χ0v) is 18.1. The van der Waals surface area contributed by atoms with Crippen molar-refractivity contribution in [2.75, 3.05) is 19.2 Å². The molecule has 2 aliphatic heterocycles. The van der Waals surface area contributed by atoms with E-state index in [-0.39, 0.29) is 29.3 Å². The van der Waals surface area contributed by atoms with Gasteiger partial charge in [-0.05, 0) is 23.7 Å². The Balaban J connectivity index is 1.92. The minimum atomic E-state index is -0.277. The number of thioether (sulfide) groups is 1. The van der Waals surface area contributed by atoms with E-state index in [1.165, 1.54) is 18.7 Å². The highest BCUT2D eigenvalue weighted by Crippen LogP contribution is 2.44. The van der Waals surface area contributed by atoms with Gasteiger partial charge in [-0.2, -0.15) is 11.8 Å². The van der Waals surface area contributed by atoms with Gasteiger partial charge in [-0.15, -0.1) is 0 Å². The number of piperidine rings is 1. The zero-order valence-electron chi connectivity index (χ0n) is 17.2. The molecule has 0 spiro atoms. The van der Waals surface area contributed by atoms with E-state index in [1.807, 2.05) is 29.6 Å². The number of rotatable bonds is 4. The van der Waals surface area contributed by atoms with Crippen molar-refractivity contribution in [3.8, 4) is 5.75 Å². The van der Waals surface area contributed by atoms with E-state index >= 15 is 0 Å². The van der Waals surface area contributed by atoms with E-state index in [0.29, 0.717) is 16.2 Å². The molecule has 154 valence electrons. The Labute approximate surface area is 175 Å². The minimum absolute atomic E-state index is 0.0728. The molecule has 1 amide bonds. The number of nitrogens with zero attached hydrogens (tertiary/aromatic N) is 3. The number of benzene rings is 1. The molecule has 3 unspecified atom stereocenters. The maximum absolute atomic E-state index is 13.2. The van der Waals surface area contributed by atoms with Crippen LogP contribution in [0.3, 0.4) is 0 Å². The van der Waals surface area contributed by atoms with Gasteiger partial charge in [-0.1, -0.05) is 44.2 Å². The van der Waals surface area contributed by atoms with Crippen molar-refractivity contribution in [1.29, 1.82) is 0 Å². The van der Waals surface area contributed by atoms with Crippen molar-refractivity contribution in [3.05, 3.63) is 64.1 Å². The Bertz CT molecular complexity index is 960. The van der Waals surface area contributed by atoms with Crippen molar-refractivity contribution in [1.82, 2.24) is 9.58 Å². The third kappa shape index (κ3) is 3.31. The average Bonchev–Trinajstić information content (AvgIpc) is 2.71. The lowest BCUT2D eigenvalue weighted by Gasteiger charge is -2.54. The Hall–Kier alpha value is -2.41. The Morgan fingerprint density at radius 1 is 1.10 bits per heavy atom. The van der Waals surface area contributed by atoms with Crippen LogP contribution in [0.2, 0.25) is 0 Å². The molecule has 6 nitrogen and oxygen atoms in total. The summed E-state index contributed by atoms with van der Waals surface area (Å²) in [5, 5.41) is 3.13. The summed E-state index contributed by atoms with van der Waals surface area (Å²) in [6.45, 7) is 4.44. The second-order valence-electron chi connectivity index (χ2n) is 7.84. The lowest BCUT2D eigenvalue weighted by atomic mass is 9.93. The number of carbonyl (C=O) groups is 1. The van der Waals surface area contributed by atoms with Crippen LogP contribution in [-0.2, 0) is 0 Å². The molecule has 1 fully saturated rings. The molecule has 1 aromatic carbocycles. The highest BCUT2D eigenvalue weighted by molar-refractivity contribution is 8.00. The van der Waals surface area contributed by atoms with Crippen LogP contribution in [0.1, 0.15) is 48.8 Å². The SMILES string of the molecule is COc1c2n(ccc1=O)N1C(c3ccccc3)C(SC(C)C)CCC1N(C)C2=O. The van der Waals surface area contributed by atoms with Crippen LogP contribution in [0.25, 0.3) is 0 Å². The molecular weight excluding hydrogens is 386 g/mol. The van der Waals surface area contributed by atoms with E-state index in [1.54, 1.807) is 11.1 Å². The molecule has 3 atom stereocenters. The number of methoxy groups -OCH3 is 1. The van der Waals surface area contributed by atoms with Crippen molar-refractivity contribution in [2.45, 2.75) is 49.4 Å². The molecule has 0 radical (unpaired) electrons. The molecule has 3 heterocycles. The first kappa shape index (κ1) is 19.9. The number of fused-ring (bicyclic) bond motifs is 3. The lowest BCUT2D eigenvalue weighted by Crippen LogP contribution is -2.64. The summed E-state index contributed by atoms with van der Waals surface area (Å²) < 4.78 is 7.22. The van der Waals surface area contributed by atoms with Gasteiger partial charge in [0.1, 0.15) is 6.17 Å². The van der Waals surface area contributed by atoms with Crippen LogP contribution in [0.5, 0.6) is 5.75 Å². The predicted octanol–water partition coefficient (Wildman–Crippen LogP) is 3.25. The first-order valence-electron chi connectivity index (χ1n) is 10.00. The molecule has 1 aromatic heterocycles. The number of hydrogen-bond donors (Lipinski definition) is 0. The van der Waals surface area contributed by atoms with Crippen LogP contribution in [-0.4, -0.2) is 46.3 Å². The number of pyridine rings is 1. The molecule has 4 rings (SSSR count). The van der Waals surface area contributed by atoms with Gasteiger partial charge in [-0.3, -0.25) is 19.3 Å². The van der Waals surface area contributed by atoms with E-state index in [9.17, 15) is 9.59 Å². The van der Waals surface area contributed by atoms with Gasteiger partial charge in [0.25, 0.3) is 5.91 Å². The van der Waals surface area contributed by atoms with Gasteiger partial charge in [0, 0.05) is 24.6 Å². The second-order valence-corrected chi connectivity index (χ2v) is 9.66. The highest BCUT2D eigenvalue weighted by atomic mass is 32.2. The Morgan fingerprint density at radius 2 is 1.83 bits per heavy atom. The maximum Gasteiger partial charge on any atom is 0.277 e. The van der Waals surface area contributed by atoms with Gasteiger partial charge in [0.15, 0.2) is 11.4 Å². The van der Waals surface area contributed by atoms with Crippen molar-refractivity contribution >= 4 is 17.7 Å². The molecule has 2 aliphatic rings. The molecule has 1 saturated heterocycles. The van der Waals surface area contributed by atoms with E-state index in [0.717, 1.165) is 12.8 Å². The average molecular weight is 414 g/mol. The number of ether oxygens (including phenoxy) is 1. The first-order chi connectivity index (χ1) is 13.9. The van der Waals surface area contributed by atoms with Gasteiger partial charge in [0.2, 0.25) is 5.43 Å². The van der Waals surface area contributed by atoms with Gasteiger partial charge in [0.05, 0.1) is 13.2 Å². The summed E-state index contributed by atoms with van der Waals surface area (Å²) in [7, 11) is 3.26. The molecule has 0 N–H and O–H groups in total. The summed E-state index contributed by atoms with van der Waals surface area (Å²) in [4.78, 5) is 27.3. The maximum atomic E-state index is 13.2. The van der Waals surface area contributed by atoms with Gasteiger partial charge < -0.3 is 9.64 Å². The number of aromatic nitrogens is 1. The molecule has 0 saturated carbocycles. The quantitative estimate of drug-likeness (QED) is 0.770. The number of amides is 1. The topological polar surface area (TPSA) is 54.8 Å². The van der Waals surface area contributed by atoms with Crippen LogP contribution in [0, 0.1) is 0 Å². The molecule has 7 heteroatoms. The fraction of sp³-hybridized carbons (Fsp3) is 0.455. The lowest BCUT2D eigenvalue weighted by molar-refractivity contribution is 0.0557. The molecule has 0 bridgehead atoms. The fourth-order valence-electron chi connectivity index (χ4n) is 4.51. The highest BCUT2D eigenvalue weighted by Gasteiger charge is 2.46. The van der Waals surface area contributed by atoms with Gasteiger partial charge in [-0.25, -0.2) is 0 Å². The summed E-state index contributed by atoms with van der Waals surface area (Å²) in [6.07, 6.45) is 3.55. The van der Waals surface area contributed by atoms with Crippen molar-refractivity contribution in [2.24, 2.45) is 0 Å². The molecule has 2 aromatic rings. The van der Waals surface area contributed by atoms with E-state index < -0.39 is 0 Å². The third-order valence-corrected chi connectivity index (χ3v) is 7.09. The predicted molar refractivity (Wildman–Crippen MR) is 116 cm³/mol. The fourth-order valence-corrected chi connectivity index (χ4v) is 5.92. The number of carbonyl (C=O) groups excluding carboxylic acids is 1. The minimum Gasteiger partial charge on any atom is -0.491 e. The van der Waals surface area contributed by atoms with Gasteiger partial charge >= 0.3 is 0 Å². The first-order valence-corrected chi connectivity index (χ1v) is 10.9. The largest absolute Gasteiger partial charge is 0.491 e. The van der Waals surface area contributed by atoms with Crippen molar-refractivity contribution in [3.63, 3.8) is 0 Å². The van der Waals surface area contributed by atoms with Crippen molar-refractivity contribution < 1.29 is 9.53 Å². The van der Waals surface area contributed by atoms with E-state index in [4.69, 9.17) is 4.74 Å². The summed E-state index contributed by atoms with van der Waals surface area (Å²) in [6, 6.07) is 12.0. The Kier molecular flexibility index (Phi) is 5.34. The van der Waals surface area contributed by atoms with Crippen LogP contribution < -0.4 is 15.2 Å². The standard InChI is InChI=1S/C22H27N3O3S/c1-14(2)29-17-10-11-18-23(3)22(27)20-21(28-4)16(26)12-13-24(20)25(18)19(17)15-8-6-5-7-9-15/h5-9,12-14,17-19H,10-11H2,1-4H3. The summed E-state index contributed by atoms with van der Waals surface area (Å²) in [5.74, 6) is -0.0733. The van der Waals surface area contributed by atoms with Crippen LogP contribution in [0.15, 0.2) is 47.4 Å². The summed E-state index contributed by atoms with van der Waals surface area (Å²) in [5.41, 5.74) is 1.23. The molecular formula is C22H27N3O3S. The smallest absolute Gasteiger partial charge is 0.277 e. The van der Waals surface area contributed by atoms with Crippen LogP contribution in [0.4, 0.5) is 0 Å². The van der Waals surface area contributed by atoms with E-state index in [2.05, 4.69) is 43.1 Å². The number of hydrogen-bond acceptors (Lipinski definition) is 5.